The lowest BCUT2D eigenvalue weighted by Crippen LogP contribution is -2.33. The summed E-state index contributed by atoms with van der Waals surface area (Å²) in [5.74, 6) is -0.446. The Bertz CT molecular complexity index is 1050. The minimum absolute atomic E-state index is 0.327. The second kappa shape index (κ2) is 8.00. The quantitative estimate of drug-likeness (QED) is 0.634. The molecule has 0 aliphatic carbocycles. The van der Waals surface area contributed by atoms with Crippen LogP contribution in [-0.4, -0.2) is 34.1 Å². The molecule has 1 saturated heterocycles. The van der Waals surface area contributed by atoms with Crippen molar-refractivity contribution in [3.63, 3.8) is 0 Å². The third-order valence-electron chi connectivity index (χ3n) is 5.92. The minimum atomic E-state index is -0.892. The molecular weight excluding hydrogens is 381 g/mol. The van der Waals surface area contributed by atoms with Crippen molar-refractivity contribution in [3.05, 3.63) is 65.2 Å². The lowest BCUT2D eigenvalue weighted by Gasteiger charge is -2.34. The summed E-state index contributed by atoms with van der Waals surface area (Å²) in [7, 11) is 2.75. The molecule has 29 heavy (non-hydrogen) atoms. The van der Waals surface area contributed by atoms with Crippen LogP contribution >= 0.6 is 9.24 Å². The zero-order valence-corrected chi connectivity index (χ0v) is 17.9. The highest BCUT2D eigenvalue weighted by Crippen LogP contribution is 2.37. The third-order valence-corrected chi connectivity index (χ3v) is 6.56. The van der Waals surface area contributed by atoms with Crippen molar-refractivity contribution in [1.82, 2.24) is 9.97 Å². The molecule has 0 amide bonds. The number of hydrogen-bond acceptors (Lipinski definition) is 3. The first-order valence-electron chi connectivity index (χ1n) is 9.92. The van der Waals surface area contributed by atoms with Crippen LogP contribution in [0.25, 0.3) is 11.1 Å². The molecule has 2 heterocycles. The molecule has 3 aromatic rings. The van der Waals surface area contributed by atoms with Crippen LogP contribution in [0.3, 0.4) is 0 Å². The molecule has 1 aliphatic rings. The third kappa shape index (κ3) is 3.92. The number of rotatable bonds is 4. The fourth-order valence-corrected chi connectivity index (χ4v) is 4.37. The smallest absolute Gasteiger partial charge is 0.335 e. The van der Waals surface area contributed by atoms with Gasteiger partial charge in [0.1, 0.15) is 0 Å². The highest BCUT2D eigenvalue weighted by Gasteiger charge is 2.25. The molecule has 1 aliphatic heterocycles. The second-order valence-corrected chi connectivity index (χ2v) is 8.40. The highest BCUT2D eigenvalue weighted by molar-refractivity contribution is 7.27. The molecule has 150 valence electrons. The molecule has 0 spiro atoms. The topological polar surface area (TPSA) is 69.2 Å². The molecule has 5 nitrogen and oxygen atoms in total. The van der Waals surface area contributed by atoms with Gasteiger partial charge >= 0.3 is 5.97 Å². The first-order chi connectivity index (χ1) is 13.9. The minimum Gasteiger partial charge on any atom is -0.478 e. The number of aromatic nitrogens is 2. The largest absolute Gasteiger partial charge is 0.478 e. The Kier molecular flexibility index (Phi) is 5.42. The number of nitrogens with one attached hydrogen (secondary N) is 1. The summed E-state index contributed by atoms with van der Waals surface area (Å²) in [4.78, 5) is 21.6. The van der Waals surface area contributed by atoms with E-state index in [1.54, 1.807) is 12.4 Å². The zero-order valence-electron chi connectivity index (χ0n) is 16.8. The van der Waals surface area contributed by atoms with Gasteiger partial charge in [0, 0.05) is 36.0 Å². The van der Waals surface area contributed by atoms with Crippen molar-refractivity contribution < 1.29 is 9.90 Å². The Labute approximate surface area is 173 Å². The van der Waals surface area contributed by atoms with Gasteiger partial charge in [-0.05, 0) is 55.3 Å². The number of piperidine rings is 1. The van der Waals surface area contributed by atoms with Crippen LogP contribution < -0.4 is 10.2 Å². The number of carboxylic acids is 1. The highest BCUT2D eigenvalue weighted by atomic mass is 31.0. The van der Waals surface area contributed by atoms with Crippen LogP contribution in [0.1, 0.15) is 46.1 Å². The summed E-state index contributed by atoms with van der Waals surface area (Å²) < 4.78 is 0. The number of H-pyrrole nitrogens is 1. The predicted molar refractivity (Wildman–Crippen MR) is 120 cm³/mol. The number of nitrogens with zero attached hydrogens (tertiary/aromatic N) is 2. The maximum absolute atomic E-state index is 11.6. The van der Waals surface area contributed by atoms with E-state index >= 15 is 0 Å². The predicted octanol–water partition coefficient (Wildman–Crippen LogP) is 4.28. The van der Waals surface area contributed by atoms with Crippen LogP contribution in [0.15, 0.2) is 42.7 Å². The number of aryl methyl sites for hydroxylation is 2. The van der Waals surface area contributed by atoms with Gasteiger partial charge in [0.2, 0.25) is 0 Å². The number of carboxylic acid groups (broad SMARTS) is 1. The van der Waals surface area contributed by atoms with Gasteiger partial charge in [0.15, 0.2) is 0 Å². The van der Waals surface area contributed by atoms with Gasteiger partial charge in [0.05, 0.1) is 17.6 Å². The first-order valence-corrected chi connectivity index (χ1v) is 10.5. The van der Waals surface area contributed by atoms with Gasteiger partial charge in [-0.15, -0.1) is 9.24 Å². The maximum atomic E-state index is 11.6. The molecule has 1 fully saturated rings. The van der Waals surface area contributed by atoms with Crippen LogP contribution in [0.4, 0.5) is 5.69 Å². The average Bonchev–Trinajstić information content (AvgIpc) is 3.15. The standard InChI is InChI=1S/C23H26N3O2P/c1-14-11-17(4-6-21(14)29)19-5-3-18(23(27)28)12-20(19)26-9-7-16(8-10-26)22-15(2)24-13-25-22/h3-6,11-13,16H,7-10,29H2,1-2H3,(H,24,25)(H,27,28). The van der Waals surface area contributed by atoms with E-state index in [-0.39, 0.29) is 0 Å². The van der Waals surface area contributed by atoms with E-state index < -0.39 is 5.97 Å². The van der Waals surface area contributed by atoms with Crippen LogP contribution in [0.5, 0.6) is 0 Å². The fraction of sp³-hybridized carbons (Fsp3) is 0.304. The van der Waals surface area contributed by atoms with Crippen molar-refractivity contribution in [2.75, 3.05) is 18.0 Å². The summed E-state index contributed by atoms with van der Waals surface area (Å²) in [6, 6.07) is 11.8. The molecule has 1 unspecified atom stereocenters. The van der Waals surface area contributed by atoms with Crippen molar-refractivity contribution in [2.24, 2.45) is 0 Å². The van der Waals surface area contributed by atoms with Gasteiger partial charge in [-0.1, -0.05) is 24.3 Å². The number of aromatic amines is 1. The Morgan fingerprint density at radius 1 is 1.17 bits per heavy atom. The lowest BCUT2D eigenvalue weighted by atomic mass is 9.91. The number of hydrogen-bond donors (Lipinski definition) is 2. The maximum Gasteiger partial charge on any atom is 0.335 e. The summed E-state index contributed by atoms with van der Waals surface area (Å²) in [6.07, 6.45) is 3.78. The molecular formula is C23H26N3O2P. The summed E-state index contributed by atoms with van der Waals surface area (Å²) in [5.41, 5.74) is 7.03. The van der Waals surface area contributed by atoms with Crippen LogP contribution in [0.2, 0.25) is 0 Å². The SMILES string of the molecule is Cc1cc(-c2ccc(C(=O)O)cc2N2CCC(c3nc[nH]c3C)CC2)ccc1P. The van der Waals surface area contributed by atoms with Crippen molar-refractivity contribution in [3.8, 4) is 11.1 Å². The summed E-state index contributed by atoms with van der Waals surface area (Å²) in [6.45, 7) is 5.93. The Morgan fingerprint density at radius 2 is 1.93 bits per heavy atom. The van der Waals surface area contributed by atoms with E-state index in [9.17, 15) is 9.90 Å². The Hall–Kier alpha value is -2.65. The summed E-state index contributed by atoms with van der Waals surface area (Å²) in [5, 5.41) is 10.7. The van der Waals surface area contributed by atoms with E-state index in [1.165, 1.54) is 10.9 Å². The van der Waals surface area contributed by atoms with Gasteiger partial charge in [-0.3, -0.25) is 0 Å². The van der Waals surface area contributed by atoms with Gasteiger partial charge in [0.25, 0.3) is 0 Å². The summed E-state index contributed by atoms with van der Waals surface area (Å²) >= 11 is 0. The number of carbonyl (C=O) groups is 1. The Balaban J connectivity index is 1.66. The Morgan fingerprint density at radius 3 is 2.55 bits per heavy atom. The molecule has 4 rings (SSSR count). The normalized spacial score (nSPS) is 14.9. The molecule has 6 heteroatoms. The van der Waals surface area contributed by atoms with Crippen LogP contribution in [-0.2, 0) is 0 Å². The first kappa shape index (κ1) is 19.7. The van der Waals surface area contributed by atoms with Crippen molar-refractivity contribution in [1.29, 1.82) is 0 Å². The van der Waals surface area contributed by atoms with Gasteiger partial charge < -0.3 is 15.0 Å². The molecule has 1 atom stereocenters. The van der Waals surface area contributed by atoms with Crippen molar-refractivity contribution in [2.45, 2.75) is 32.6 Å². The second-order valence-electron chi connectivity index (χ2n) is 7.78. The van der Waals surface area contributed by atoms with E-state index in [2.05, 4.69) is 56.2 Å². The molecule has 1 aromatic heterocycles. The van der Waals surface area contributed by atoms with Gasteiger partial charge in [-0.2, -0.15) is 0 Å². The number of imidazole rings is 1. The van der Waals surface area contributed by atoms with E-state index in [4.69, 9.17) is 0 Å². The fourth-order valence-electron chi connectivity index (χ4n) is 4.19. The zero-order chi connectivity index (χ0) is 20.5. The number of benzene rings is 2. The monoisotopic (exact) mass is 407 g/mol. The molecule has 0 radical (unpaired) electrons. The van der Waals surface area contributed by atoms with Gasteiger partial charge in [-0.25, -0.2) is 9.78 Å². The van der Waals surface area contributed by atoms with Crippen molar-refractivity contribution >= 4 is 26.2 Å². The van der Waals surface area contributed by atoms with E-state index in [0.717, 1.165) is 54.1 Å². The molecule has 0 bridgehead atoms. The lowest BCUT2D eigenvalue weighted by molar-refractivity contribution is 0.0697. The van der Waals surface area contributed by atoms with E-state index in [1.807, 2.05) is 12.1 Å². The number of aromatic carboxylic acids is 1. The van der Waals surface area contributed by atoms with E-state index in [0.29, 0.717) is 11.5 Å². The average molecular weight is 407 g/mol. The molecule has 2 aromatic carbocycles. The number of anilines is 1. The molecule has 2 N–H and O–H groups in total. The van der Waals surface area contributed by atoms with Crippen LogP contribution in [0, 0.1) is 13.8 Å². The molecule has 0 saturated carbocycles.